The second kappa shape index (κ2) is 6.08. The van der Waals surface area contributed by atoms with Crippen LogP contribution in [-0.4, -0.2) is 36.9 Å². The molecule has 0 bridgehead atoms. The van der Waals surface area contributed by atoms with E-state index in [1.165, 1.54) is 19.2 Å². The second-order valence-corrected chi connectivity index (χ2v) is 5.46. The van der Waals surface area contributed by atoms with Gasteiger partial charge in [0.05, 0.1) is 19.3 Å². The highest BCUT2D eigenvalue weighted by molar-refractivity contribution is 6.60. The van der Waals surface area contributed by atoms with Crippen LogP contribution in [0, 0.1) is 5.41 Å². The summed E-state index contributed by atoms with van der Waals surface area (Å²) >= 11 is 0. The zero-order valence-electron chi connectivity index (χ0n) is 11.6. The van der Waals surface area contributed by atoms with Gasteiger partial charge in [0.15, 0.2) is 0 Å². The zero-order chi connectivity index (χ0) is 14.6. The Morgan fingerprint density at radius 3 is 2.42 bits per heavy atom. The van der Waals surface area contributed by atoms with E-state index in [2.05, 4.69) is 0 Å². The van der Waals surface area contributed by atoms with Crippen LogP contribution in [0.25, 0.3) is 0 Å². The number of ether oxygens (including phenoxy) is 2. The molecule has 0 aromatic heterocycles. The predicted molar refractivity (Wildman–Crippen MR) is 72.6 cm³/mol. The number of methoxy groups -OCH3 is 1. The average Bonchev–Trinajstić information content (AvgIpc) is 2.34. The van der Waals surface area contributed by atoms with E-state index in [4.69, 9.17) is 9.47 Å². The maximum absolute atomic E-state index is 11.9. The first-order chi connectivity index (χ1) is 8.74. The van der Waals surface area contributed by atoms with Gasteiger partial charge in [-0.15, -0.1) is 0 Å². The predicted octanol–water partition coefficient (Wildman–Crippen LogP) is 0.578. The molecule has 0 aliphatic carbocycles. The van der Waals surface area contributed by atoms with Crippen LogP contribution in [0.5, 0.6) is 5.75 Å². The van der Waals surface area contributed by atoms with Gasteiger partial charge in [-0.3, -0.25) is 0 Å². The van der Waals surface area contributed by atoms with Crippen LogP contribution < -0.4 is 10.2 Å². The summed E-state index contributed by atoms with van der Waals surface area (Å²) in [6.07, 6.45) is 0. The lowest BCUT2D eigenvalue weighted by atomic mass is 9.77. The molecule has 0 atom stereocenters. The number of carbonyl (C=O) groups excluding carboxylic acids is 1. The zero-order valence-corrected chi connectivity index (χ0v) is 11.6. The number of hydrogen-bond donors (Lipinski definition) is 2. The summed E-state index contributed by atoms with van der Waals surface area (Å²) in [6.45, 7) is 6.07. The number of esters is 1. The van der Waals surface area contributed by atoms with Crippen LogP contribution in [-0.2, 0) is 4.74 Å². The van der Waals surface area contributed by atoms with Crippen molar-refractivity contribution >= 4 is 18.6 Å². The Bertz CT molecular complexity index is 451. The normalized spacial score (nSPS) is 11.1. The number of rotatable bonds is 4. The first-order valence-corrected chi connectivity index (χ1v) is 5.96. The highest BCUT2D eigenvalue weighted by Gasteiger charge is 2.23. The van der Waals surface area contributed by atoms with Crippen LogP contribution >= 0.6 is 0 Å². The molecule has 0 saturated carbocycles. The van der Waals surface area contributed by atoms with E-state index in [9.17, 15) is 14.8 Å². The van der Waals surface area contributed by atoms with Crippen LogP contribution in [0.3, 0.4) is 0 Å². The van der Waals surface area contributed by atoms with Crippen molar-refractivity contribution in [3.05, 3.63) is 23.8 Å². The molecule has 0 fully saturated rings. The molecule has 0 amide bonds. The molecule has 0 spiro atoms. The highest BCUT2D eigenvalue weighted by Crippen LogP contribution is 2.15. The van der Waals surface area contributed by atoms with E-state index in [0.717, 1.165) is 0 Å². The highest BCUT2D eigenvalue weighted by atomic mass is 16.5. The summed E-state index contributed by atoms with van der Waals surface area (Å²) in [5.74, 6) is -0.142. The van der Waals surface area contributed by atoms with E-state index in [-0.39, 0.29) is 23.0 Å². The molecule has 19 heavy (non-hydrogen) atoms. The quantitative estimate of drug-likeness (QED) is 0.615. The van der Waals surface area contributed by atoms with Crippen LogP contribution in [0.1, 0.15) is 31.1 Å². The fraction of sp³-hybridized carbons (Fsp3) is 0.462. The van der Waals surface area contributed by atoms with E-state index in [1.54, 1.807) is 6.07 Å². The van der Waals surface area contributed by atoms with E-state index >= 15 is 0 Å². The smallest absolute Gasteiger partial charge is 0.489 e. The Hall–Kier alpha value is -1.53. The molecule has 0 unspecified atom stereocenters. The van der Waals surface area contributed by atoms with Crippen molar-refractivity contribution in [2.75, 3.05) is 13.7 Å². The monoisotopic (exact) mass is 266 g/mol. The van der Waals surface area contributed by atoms with Crippen molar-refractivity contribution in [2.45, 2.75) is 20.8 Å². The molecular weight excluding hydrogens is 247 g/mol. The Labute approximate surface area is 113 Å². The SMILES string of the molecule is COc1ccc(C(=O)OCC(C)(C)C)c(B(O)O)c1. The molecule has 1 rings (SSSR count). The maximum atomic E-state index is 11.9. The van der Waals surface area contributed by atoms with Crippen molar-refractivity contribution in [1.82, 2.24) is 0 Å². The lowest BCUT2D eigenvalue weighted by Crippen LogP contribution is -2.35. The molecule has 6 heteroatoms. The van der Waals surface area contributed by atoms with Gasteiger partial charge in [-0.2, -0.15) is 0 Å². The first-order valence-electron chi connectivity index (χ1n) is 5.96. The van der Waals surface area contributed by atoms with Gasteiger partial charge in [-0.25, -0.2) is 4.79 Å². The summed E-state index contributed by atoms with van der Waals surface area (Å²) in [4.78, 5) is 11.9. The average molecular weight is 266 g/mol. The number of hydrogen-bond acceptors (Lipinski definition) is 5. The van der Waals surface area contributed by atoms with Crippen LogP contribution in [0.15, 0.2) is 18.2 Å². The molecule has 5 nitrogen and oxygen atoms in total. The van der Waals surface area contributed by atoms with Crippen molar-refractivity contribution in [3.63, 3.8) is 0 Å². The second-order valence-electron chi connectivity index (χ2n) is 5.46. The minimum Gasteiger partial charge on any atom is -0.497 e. The van der Waals surface area contributed by atoms with Gasteiger partial charge in [-0.05, 0) is 23.6 Å². The number of benzene rings is 1. The lowest BCUT2D eigenvalue weighted by molar-refractivity contribution is 0.0368. The van der Waals surface area contributed by atoms with Gasteiger partial charge in [0, 0.05) is 5.46 Å². The van der Waals surface area contributed by atoms with Gasteiger partial charge in [0.2, 0.25) is 0 Å². The lowest BCUT2D eigenvalue weighted by Gasteiger charge is -2.18. The minimum atomic E-state index is -1.76. The van der Waals surface area contributed by atoms with Crippen LogP contribution in [0.2, 0.25) is 0 Å². The van der Waals surface area contributed by atoms with Gasteiger partial charge >= 0.3 is 13.1 Å². The Kier molecular flexibility index (Phi) is 4.97. The van der Waals surface area contributed by atoms with Crippen LogP contribution in [0.4, 0.5) is 0 Å². The maximum Gasteiger partial charge on any atom is 0.489 e. The van der Waals surface area contributed by atoms with Gasteiger partial charge in [0.25, 0.3) is 0 Å². The van der Waals surface area contributed by atoms with E-state index < -0.39 is 13.1 Å². The Morgan fingerprint density at radius 1 is 1.32 bits per heavy atom. The number of carbonyl (C=O) groups is 1. The Balaban J connectivity index is 2.96. The van der Waals surface area contributed by atoms with Crippen molar-refractivity contribution in [3.8, 4) is 5.75 Å². The topological polar surface area (TPSA) is 76.0 Å². The Morgan fingerprint density at radius 2 is 1.95 bits per heavy atom. The fourth-order valence-corrected chi connectivity index (χ4v) is 1.43. The van der Waals surface area contributed by atoms with Gasteiger partial charge in [-0.1, -0.05) is 20.8 Å². The summed E-state index contributed by atoms with van der Waals surface area (Å²) in [7, 11) is -0.298. The molecular formula is C13H19BO5. The summed E-state index contributed by atoms with van der Waals surface area (Å²) in [6, 6.07) is 4.43. The van der Waals surface area contributed by atoms with Gasteiger partial charge < -0.3 is 19.5 Å². The van der Waals surface area contributed by atoms with Crippen molar-refractivity contribution in [1.29, 1.82) is 0 Å². The summed E-state index contributed by atoms with van der Waals surface area (Å²) in [5, 5.41) is 18.6. The molecule has 0 heterocycles. The molecule has 104 valence electrons. The molecule has 0 saturated heterocycles. The fourth-order valence-electron chi connectivity index (χ4n) is 1.43. The molecule has 0 radical (unpaired) electrons. The molecule has 1 aromatic carbocycles. The van der Waals surface area contributed by atoms with Crippen molar-refractivity contribution in [2.24, 2.45) is 5.41 Å². The van der Waals surface area contributed by atoms with E-state index in [1.807, 2.05) is 20.8 Å². The van der Waals surface area contributed by atoms with E-state index in [0.29, 0.717) is 5.75 Å². The molecule has 0 aliphatic heterocycles. The molecule has 2 N–H and O–H groups in total. The third-order valence-corrected chi connectivity index (χ3v) is 2.39. The minimum absolute atomic E-state index is 0.0678. The van der Waals surface area contributed by atoms with Gasteiger partial charge in [0.1, 0.15) is 5.75 Å². The van der Waals surface area contributed by atoms with Crippen molar-refractivity contribution < 1.29 is 24.3 Å². The molecule has 1 aromatic rings. The third-order valence-electron chi connectivity index (χ3n) is 2.39. The first kappa shape index (κ1) is 15.5. The third kappa shape index (κ3) is 4.57. The summed E-state index contributed by atoms with van der Waals surface area (Å²) in [5.41, 5.74) is 0.0402. The standard InChI is InChI=1S/C13H19BO5/c1-13(2,3)8-19-12(15)10-6-5-9(18-4)7-11(10)14(16)17/h5-7,16-17H,8H2,1-4H3. The summed E-state index contributed by atoms with van der Waals surface area (Å²) < 4.78 is 10.1. The largest absolute Gasteiger partial charge is 0.497 e. The molecule has 0 aliphatic rings.